The van der Waals surface area contributed by atoms with E-state index in [2.05, 4.69) is 10.6 Å². The third kappa shape index (κ3) is 4.72. The van der Waals surface area contributed by atoms with E-state index in [-0.39, 0.29) is 18.9 Å². The highest BCUT2D eigenvalue weighted by molar-refractivity contribution is 5.73. The van der Waals surface area contributed by atoms with Crippen LogP contribution in [-0.4, -0.2) is 38.6 Å². The summed E-state index contributed by atoms with van der Waals surface area (Å²) >= 11 is 0. The molecule has 7 heteroatoms. The average molecular weight is 358 g/mol. The molecule has 26 heavy (non-hydrogen) atoms. The first-order valence-corrected chi connectivity index (χ1v) is 8.51. The predicted octanol–water partition coefficient (Wildman–Crippen LogP) is 2.56. The largest absolute Gasteiger partial charge is 0.490 e. The summed E-state index contributed by atoms with van der Waals surface area (Å²) in [6.45, 7) is 3.19. The van der Waals surface area contributed by atoms with Crippen molar-refractivity contribution in [1.29, 1.82) is 0 Å². The number of rotatable bonds is 7. The smallest absolute Gasteiger partial charge is 0.317 e. The van der Waals surface area contributed by atoms with Gasteiger partial charge < -0.3 is 29.6 Å². The summed E-state index contributed by atoms with van der Waals surface area (Å²) in [6, 6.07) is 14.4. The molecule has 0 radical (unpaired) electrons. The van der Waals surface area contributed by atoms with Crippen LogP contribution in [0.4, 0.5) is 4.79 Å². The van der Waals surface area contributed by atoms with Gasteiger partial charge in [-0.3, -0.25) is 0 Å². The molecule has 1 aliphatic heterocycles. The molecule has 1 heterocycles. The molecular weight excluding hydrogens is 336 g/mol. The van der Waals surface area contributed by atoms with Crippen molar-refractivity contribution in [3.8, 4) is 23.0 Å². The Morgan fingerprint density at radius 1 is 1.04 bits per heavy atom. The zero-order valence-corrected chi connectivity index (χ0v) is 14.6. The second kappa shape index (κ2) is 8.84. The fourth-order valence-corrected chi connectivity index (χ4v) is 2.46. The van der Waals surface area contributed by atoms with Crippen LogP contribution in [0.1, 0.15) is 6.92 Å². The Morgan fingerprint density at radius 3 is 2.50 bits per heavy atom. The molecular formula is C19H22N2O5. The van der Waals surface area contributed by atoms with Crippen molar-refractivity contribution in [2.75, 3.05) is 26.5 Å². The highest BCUT2D eigenvalue weighted by Gasteiger charge is 2.20. The first-order chi connectivity index (χ1) is 12.8. The Morgan fingerprint density at radius 2 is 1.73 bits per heavy atom. The van der Waals surface area contributed by atoms with E-state index in [4.69, 9.17) is 18.9 Å². The van der Waals surface area contributed by atoms with E-state index in [0.717, 1.165) is 5.75 Å². The van der Waals surface area contributed by atoms with Gasteiger partial charge in [-0.25, -0.2) is 4.79 Å². The number of hydrogen-bond acceptors (Lipinski definition) is 5. The van der Waals surface area contributed by atoms with Crippen molar-refractivity contribution in [3.63, 3.8) is 0 Å². The van der Waals surface area contributed by atoms with Crippen LogP contribution >= 0.6 is 0 Å². The number of amides is 2. The molecule has 2 aromatic rings. The monoisotopic (exact) mass is 358 g/mol. The van der Waals surface area contributed by atoms with Crippen molar-refractivity contribution >= 4 is 6.03 Å². The van der Waals surface area contributed by atoms with Crippen molar-refractivity contribution in [3.05, 3.63) is 48.5 Å². The standard InChI is InChI=1S/C19H22N2O5/c1-2-23-15-7-3-4-8-16(15)25-13-21-19(22)20-11-14-12-24-17-9-5-6-10-18(17)26-14/h3-10,14H,2,11-13H2,1H3,(H2,20,21,22). The van der Waals surface area contributed by atoms with Crippen LogP contribution in [0, 0.1) is 0 Å². The Bertz CT molecular complexity index is 737. The summed E-state index contributed by atoms with van der Waals surface area (Å²) in [5.41, 5.74) is 0. The van der Waals surface area contributed by atoms with Crippen molar-refractivity contribution < 1.29 is 23.7 Å². The molecule has 7 nitrogen and oxygen atoms in total. The Hall–Kier alpha value is -3.09. The minimum Gasteiger partial charge on any atom is -0.490 e. The average Bonchev–Trinajstić information content (AvgIpc) is 2.68. The van der Waals surface area contributed by atoms with Crippen LogP contribution in [0.3, 0.4) is 0 Å². The molecule has 2 amide bonds. The van der Waals surface area contributed by atoms with E-state index in [9.17, 15) is 4.79 Å². The maximum absolute atomic E-state index is 11.9. The SMILES string of the molecule is CCOc1ccccc1OCNC(=O)NCC1COc2ccccc2O1. The molecule has 0 saturated heterocycles. The van der Waals surface area contributed by atoms with Gasteiger partial charge in [0.25, 0.3) is 0 Å². The summed E-state index contributed by atoms with van der Waals surface area (Å²) < 4.78 is 22.4. The predicted molar refractivity (Wildman–Crippen MR) is 96.0 cm³/mol. The van der Waals surface area contributed by atoms with Gasteiger partial charge in [0.15, 0.2) is 35.8 Å². The molecule has 2 N–H and O–H groups in total. The Kier molecular flexibility index (Phi) is 6.03. The summed E-state index contributed by atoms with van der Waals surface area (Å²) in [6.07, 6.45) is -0.241. The Labute approximate surface area is 152 Å². The van der Waals surface area contributed by atoms with Gasteiger partial charge in [-0.05, 0) is 31.2 Å². The number of benzene rings is 2. The van der Waals surface area contributed by atoms with Crippen LogP contribution < -0.4 is 29.6 Å². The number of urea groups is 1. The van der Waals surface area contributed by atoms with Crippen LogP contribution in [0.15, 0.2) is 48.5 Å². The van der Waals surface area contributed by atoms with E-state index < -0.39 is 0 Å². The minimum atomic E-state index is -0.346. The normalized spacial score (nSPS) is 15.0. The summed E-state index contributed by atoms with van der Waals surface area (Å²) in [5.74, 6) is 2.62. The number of fused-ring (bicyclic) bond motifs is 1. The van der Waals surface area contributed by atoms with Gasteiger partial charge in [0.1, 0.15) is 6.61 Å². The summed E-state index contributed by atoms with van der Waals surface area (Å²) in [4.78, 5) is 11.9. The molecule has 0 spiro atoms. The van der Waals surface area contributed by atoms with Crippen LogP contribution in [-0.2, 0) is 0 Å². The molecule has 1 unspecified atom stereocenters. The highest BCUT2D eigenvalue weighted by atomic mass is 16.6. The fourth-order valence-electron chi connectivity index (χ4n) is 2.46. The molecule has 1 atom stereocenters. The van der Waals surface area contributed by atoms with E-state index in [1.807, 2.05) is 49.4 Å². The summed E-state index contributed by atoms with van der Waals surface area (Å²) in [7, 11) is 0. The minimum absolute atomic E-state index is 0.0285. The first kappa shape index (κ1) is 17.7. The van der Waals surface area contributed by atoms with Crippen LogP contribution in [0.2, 0.25) is 0 Å². The molecule has 0 fully saturated rings. The molecule has 3 rings (SSSR count). The van der Waals surface area contributed by atoms with Gasteiger partial charge in [0.05, 0.1) is 13.2 Å². The number of ether oxygens (including phenoxy) is 4. The lowest BCUT2D eigenvalue weighted by atomic mass is 10.2. The highest BCUT2D eigenvalue weighted by Crippen LogP contribution is 2.30. The van der Waals surface area contributed by atoms with E-state index in [0.29, 0.717) is 37.0 Å². The molecule has 0 aliphatic carbocycles. The van der Waals surface area contributed by atoms with E-state index in [1.165, 1.54) is 0 Å². The third-order valence-corrected chi connectivity index (χ3v) is 3.67. The first-order valence-electron chi connectivity index (χ1n) is 8.51. The second-order valence-corrected chi connectivity index (χ2v) is 5.55. The quantitative estimate of drug-likeness (QED) is 0.744. The number of carbonyl (C=O) groups excluding carboxylic acids is 1. The fraction of sp³-hybridized carbons (Fsp3) is 0.316. The number of carbonyl (C=O) groups is 1. The van der Waals surface area contributed by atoms with Crippen molar-refractivity contribution in [2.24, 2.45) is 0 Å². The van der Waals surface area contributed by atoms with Crippen LogP contribution in [0.5, 0.6) is 23.0 Å². The zero-order valence-electron chi connectivity index (χ0n) is 14.6. The lowest BCUT2D eigenvalue weighted by molar-refractivity contribution is 0.0915. The van der Waals surface area contributed by atoms with E-state index >= 15 is 0 Å². The number of para-hydroxylation sites is 4. The maximum Gasteiger partial charge on any atom is 0.317 e. The molecule has 0 saturated carbocycles. The van der Waals surface area contributed by atoms with Gasteiger partial charge in [0.2, 0.25) is 0 Å². The molecule has 0 aromatic heterocycles. The molecule has 138 valence electrons. The van der Waals surface area contributed by atoms with Crippen molar-refractivity contribution in [1.82, 2.24) is 10.6 Å². The second-order valence-electron chi connectivity index (χ2n) is 5.55. The lowest BCUT2D eigenvalue weighted by Gasteiger charge is -2.26. The molecule has 1 aliphatic rings. The Balaban J connectivity index is 1.39. The van der Waals surface area contributed by atoms with E-state index in [1.54, 1.807) is 6.07 Å². The van der Waals surface area contributed by atoms with Gasteiger partial charge in [-0.2, -0.15) is 0 Å². The summed E-state index contributed by atoms with van der Waals surface area (Å²) in [5, 5.41) is 5.38. The van der Waals surface area contributed by atoms with Crippen molar-refractivity contribution in [2.45, 2.75) is 13.0 Å². The van der Waals surface area contributed by atoms with Crippen LogP contribution in [0.25, 0.3) is 0 Å². The third-order valence-electron chi connectivity index (χ3n) is 3.67. The topological polar surface area (TPSA) is 78.1 Å². The molecule has 0 bridgehead atoms. The number of nitrogens with one attached hydrogen (secondary N) is 2. The number of hydrogen-bond donors (Lipinski definition) is 2. The molecule has 2 aromatic carbocycles. The van der Waals surface area contributed by atoms with Gasteiger partial charge in [-0.1, -0.05) is 24.3 Å². The lowest BCUT2D eigenvalue weighted by Crippen LogP contribution is -2.45. The van der Waals surface area contributed by atoms with Gasteiger partial charge >= 0.3 is 6.03 Å². The zero-order chi connectivity index (χ0) is 18.2. The maximum atomic E-state index is 11.9. The van der Waals surface area contributed by atoms with Gasteiger partial charge in [0, 0.05) is 0 Å². The van der Waals surface area contributed by atoms with Gasteiger partial charge in [-0.15, -0.1) is 0 Å².